The highest BCUT2D eigenvalue weighted by molar-refractivity contribution is 5.99. The Bertz CT molecular complexity index is 1240. The van der Waals surface area contributed by atoms with E-state index in [0.29, 0.717) is 22.5 Å². The number of amides is 1. The van der Waals surface area contributed by atoms with Crippen molar-refractivity contribution in [1.82, 2.24) is 30.0 Å². The zero-order chi connectivity index (χ0) is 27.5. The number of carbonyl (C=O) groups excluding carboxylic acids is 1. The molecule has 0 aromatic carbocycles. The molecule has 1 amide bonds. The van der Waals surface area contributed by atoms with E-state index in [-0.39, 0.29) is 30.6 Å². The molecule has 0 aliphatic rings. The Labute approximate surface area is 213 Å². The summed E-state index contributed by atoms with van der Waals surface area (Å²) >= 11 is 0. The highest BCUT2D eigenvalue weighted by Crippen LogP contribution is 2.23. The lowest BCUT2D eigenvalue weighted by atomic mass is 10.0. The van der Waals surface area contributed by atoms with Crippen LogP contribution in [0.25, 0.3) is 16.9 Å². The van der Waals surface area contributed by atoms with Gasteiger partial charge in [0.05, 0.1) is 47.1 Å². The molecule has 3 heterocycles. The second-order valence-corrected chi connectivity index (χ2v) is 10.2. The van der Waals surface area contributed by atoms with E-state index < -0.39 is 29.5 Å². The van der Waals surface area contributed by atoms with E-state index in [4.69, 9.17) is 0 Å². The molecular formula is C24H34F2N8O3. The van der Waals surface area contributed by atoms with Gasteiger partial charge in [0.25, 0.3) is 5.91 Å². The second-order valence-electron chi connectivity index (χ2n) is 10.2. The van der Waals surface area contributed by atoms with Crippen molar-refractivity contribution < 1.29 is 23.8 Å². The van der Waals surface area contributed by atoms with Crippen molar-refractivity contribution in [2.24, 2.45) is 0 Å². The minimum Gasteiger partial charge on any atom is -0.387 e. The first kappa shape index (κ1) is 28.1. The van der Waals surface area contributed by atoms with Crippen LogP contribution in [0.1, 0.15) is 51.9 Å². The van der Waals surface area contributed by atoms with Crippen molar-refractivity contribution >= 4 is 28.6 Å². The number of aliphatic hydroxyl groups is 2. The molecule has 202 valence electrons. The molecule has 0 bridgehead atoms. The Kier molecular flexibility index (Phi) is 8.28. The molecule has 0 spiro atoms. The average Bonchev–Trinajstić information content (AvgIpc) is 3.22. The quantitative estimate of drug-likeness (QED) is 0.257. The Hall–Kier alpha value is -3.45. The van der Waals surface area contributed by atoms with Gasteiger partial charge in [0.2, 0.25) is 5.95 Å². The van der Waals surface area contributed by atoms with Gasteiger partial charge in [-0.15, -0.1) is 0 Å². The Balaban J connectivity index is 1.89. The Morgan fingerprint density at radius 3 is 2.30 bits per heavy atom. The zero-order valence-electron chi connectivity index (χ0n) is 21.8. The smallest absolute Gasteiger partial charge is 0.255 e. The van der Waals surface area contributed by atoms with Gasteiger partial charge >= 0.3 is 0 Å². The highest BCUT2D eigenvalue weighted by atomic mass is 19.1. The van der Waals surface area contributed by atoms with E-state index >= 15 is 0 Å². The van der Waals surface area contributed by atoms with Crippen molar-refractivity contribution in [3.63, 3.8) is 0 Å². The van der Waals surface area contributed by atoms with Gasteiger partial charge in [0, 0.05) is 24.5 Å². The van der Waals surface area contributed by atoms with Gasteiger partial charge < -0.3 is 26.2 Å². The maximum absolute atomic E-state index is 14.1. The van der Waals surface area contributed by atoms with E-state index in [9.17, 15) is 23.8 Å². The Morgan fingerprint density at radius 2 is 1.68 bits per heavy atom. The number of nitrogens with one attached hydrogen (secondary N) is 3. The summed E-state index contributed by atoms with van der Waals surface area (Å²) in [6.07, 6.45) is 1.22. The molecule has 0 unspecified atom stereocenters. The van der Waals surface area contributed by atoms with Crippen LogP contribution in [0.15, 0.2) is 24.7 Å². The van der Waals surface area contributed by atoms with Crippen LogP contribution in [0.3, 0.4) is 0 Å². The first-order chi connectivity index (χ1) is 17.2. The van der Waals surface area contributed by atoms with Gasteiger partial charge in [-0.1, -0.05) is 0 Å². The summed E-state index contributed by atoms with van der Waals surface area (Å²) in [7, 11) is 0. The van der Waals surface area contributed by atoms with Crippen LogP contribution in [0.5, 0.6) is 0 Å². The van der Waals surface area contributed by atoms with Crippen molar-refractivity contribution in [3.05, 3.63) is 30.2 Å². The number of halogens is 2. The molecule has 0 radical (unpaired) electrons. The number of carbonyl (C=O) groups is 1. The number of nitrogens with zero attached hydrogens (tertiary/aromatic N) is 5. The van der Waals surface area contributed by atoms with Crippen LogP contribution in [0.4, 0.5) is 20.4 Å². The molecule has 13 heteroatoms. The largest absolute Gasteiger partial charge is 0.387 e. The van der Waals surface area contributed by atoms with Crippen LogP contribution in [-0.4, -0.2) is 83.5 Å². The van der Waals surface area contributed by atoms with Crippen molar-refractivity contribution in [3.8, 4) is 5.82 Å². The molecule has 2 atom stereocenters. The van der Waals surface area contributed by atoms with Crippen molar-refractivity contribution in [1.29, 1.82) is 0 Å². The summed E-state index contributed by atoms with van der Waals surface area (Å²) in [5.41, 5.74) is -2.09. The number of anilines is 2. The van der Waals surface area contributed by atoms with Crippen LogP contribution in [0, 0.1) is 0 Å². The molecule has 37 heavy (non-hydrogen) atoms. The third kappa shape index (κ3) is 7.07. The van der Waals surface area contributed by atoms with Crippen LogP contribution >= 0.6 is 0 Å². The molecule has 0 fully saturated rings. The lowest BCUT2D eigenvalue weighted by molar-refractivity contribution is -0.00179. The molecule has 3 aromatic heterocycles. The number of alkyl halides is 2. The minimum atomic E-state index is -1.65. The maximum Gasteiger partial charge on any atom is 0.255 e. The van der Waals surface area contributed by atoms with Gasteiger partial charge in [0.1, 0.15) is 12.3 Å². The minimum absolute atomic E-state index is 0.0380. The first-order valence-electron chi connectivity index (χ1n) is 11.9. The molecule has 0 saturated heterocycles. The standard InChI is InChI=1S/C24H34F2N8O3/c1-13(2)32-16-7-19(27-10-15(16)21(35)28-11-17(25)23(3,4)36)34-20-14(9-31-34)8-29-22(33-20)30-12-18(26)24(5,6)37/h7-10,13,17-18,36-37H,11-12H2,1-6H3,(H,27,32)(H,28,35)(H,29,30,33)/t17-,18-/m1/s1. The van der Waals surface area contributed by atoms with Gasteiger partial charge in [-0.05, 0) is 41.5 Å². The Morgan fingerprint density at radius 1 is 1.03 bits per heavy atom. The fraction of sp³-hybridized carbons (Fsp3) is 0.542. The fourth-order valence-electron chi connectivity index (χ4n) is 3.20. The van der Waals surface area contributed by atoms with E-state index in [1.54, 1.807) is 12.3 Å². The number of rotatable bonds is 11. The zero-order valence-corrected chi connectivity index (χ0v) is 21.8. The van der Waals surface area contributed by atoms with E-state index in [2.05, 4.69) is 36.0 Å². The predicted molar refractivity (Wildman–Crippen MR) is 136 cm³/mol. The van der Waals surface area contributed by atoms with Gasteiger partial charge in [0.15, 0.2) is 11.5 Å². The monoisotopic (exact) mass is 520 g/mol. The summed E-state index contributed by atoms with van der Waals surface area (Å²) in [5, 5.41) is 33.0. The van der Waals surface area contributed by atoms with Crippen molar-refractivity contribution in [2.75, 3.05) is 23.7 Å². The number of hydrogen-bond donors (Lipinski definition) is 5. The summed E-state index contributed by atoms with van der Waals surface area (Å²) in [6, 6.07) is 1.58. The topological polar surface area (TPSA) is 150 Å². The van der Waals surface area contributed by atoms with Crippen LogP contribution in [-0.2, 0) is 0 Å². The summed E-state index contributed by atoms with van der Waals surface area (Å²) in [5.74, 6) is -0.0647. The number of pyridine rings is 1. The summed E-state index contributed by atoms with van der Waals surface area (Å²) < 4.78 is 29.7. The normalized spacial score (nSPS) is 14.0. The fourth-order valence-corrected chi connectivity index (χ4v) is 3.20. The summed E-state index contributed by atoms with van der Waals surface area (Å²) in [6.45, 7) is 8.64. The second kappa shape index (κ2) is 10.9. The van der Waals surface area contributed by atoms with Crippen LogP contribution < -0.4 is 16.0 Å². The third-order valence-electron chi connectivity index (χ3n) is 5.52. The van der Waals surface area contributed by atoms with E-state index in [1.165, 1.54) is 44.8 Å². The van der Waals surface area contributed by atoms with Crippen LogP contribution in [0.2, 0.25) is 0 Å². The third-order valence-corrected chi connectivity index (χ3v) is 5.52. The van der Waals surface area contributed by atoms with E-state index in [0.717, 1.165) is 0 Å². The molecule has 0 aliphatic carbocycles. The molecular weight excluding hydrogens is 486 g/mol. The molecule has 3 rings (SSSR count). The number of hydrogen-bond acceptors (Lipinski definition) is 9. The number of fused-ring (bicyclic) bond motifs is 1. The molecule has 5 N–H and O–H groups in total. The van der Waals surface area contributed by atoms with E-state index in [1.807, 2.05) is 13.8 Å². The van der Waals surface area contributed by atoms with Gasteiger partial charge in [-0.25, -0.2) is 18.7 Å². The molecule has 3 aromatic rings. The van der Waals surface area contributed by atoms with Gasteiger partial charge in [-0.3, -0.25) is 4.79 Å². The summed E-state index contributed by atoms with van der Waals surface area (Å²) in [4.78, 5) is 25.7. The molecule has 0 aliphatic heterocycles. The lowest BCUT2D eigenvalue weighted by Gasteiger charge is -2.23. The maximum atomic E-state index is 14.1. The lowest BCUT2D eigenvalue weighted by Crippen LogP contribution is -2.42. The molecule has 0 saturated carbocycles. The van der Waals surface area contributed by atoms with Crippen molar-refractivity contribution in [2.45, 2.75) is 71.1 Å². The highest BCUT2D eigenvalue weighted by Gasteiger charge is 2.28. The first-order valence-corrected chi connectivity index (χ1v) is 11.9. The average molecular weight is 521 g/mol. The SMILES string of the molecule is CC(C)Nc1cc(-n2ncc3cnc(NC[C@@H](F)C(C)(C)O)nc32)ncc1C(=O)NC[C@@H](F)C(C)(C)O. The predicted octanol–water partition coefficient (Wildman–Crippen LogP) is 2.39. The number of aromatic nitrogens is 5. The molecule has 11 nitrogen and oxygen atoms in total. The van der Waals surface area contributed by atoms with Gasteiger partial charge in [-0.2, -0.15) is 14.8 Å².